The quantitative estimate of drug-likeness (QED) is 0.725. The van der Waals surface area contributed by atoms with Crippen molar-refractivity contribution in [3.63, 3.8) is 0 Å². The number of methoxy groups -OCH3 is 1. The zero-order valence-electron chi connectivity index (χ0n) is 15.1. The molecule has 28 heavy (non-hydrogen) atoms. The first-order valence-electron chi connectivity index (χ1n) is 8.78. The number of phenols is 2. The number of benzene rings is 3. The van der Waals surface area contributed by atoms with E-state index in [1.807, 2.05) is 12.1 Å². The number of ether oxygens (including phenoxy) is 1. The molecule has 0 saturated heterocycles. The van der Waals surface area contributed by atoms with Crippen LogP contribution in [0.1, 0.15) is 50.2 Å². The molecule has 3 aromatic rings. The van der Waals surface area contributed by atoms with Crippen molar-refractivity contribution >= 4 is 5.78 Å². The maximum Gasteiger partial charge on any atom is 0.201 e. The van der Waals surface area contributed by atoms with Crippen molar-refractivity contribution in [1.82, 2.24) is 0 Å². The van der Waals surface area contributed by atoms with Crippen LogP contribution in [0.2, 0.25) is 0 Å². The standard InChI is InChI=1S/C23H17NO4/c1-28-23(14-10-8-13(12-24)9-11-14)19-15-4-2-6-17(25)20(15)22(27)21-16(19)5-3-7-18(21)26/h2-11,19,23,25-26H,1H3. The first-order valence-corrected chi connectivity index (χ1v) is 8.78. The van der Waals surface area contributed by atoms with E-state index in [0.717, 1.165) is 5.56 Å². The number of rotatable bonds is 3. The van der Waals surface area contributed by atoms with Gasteiger partial charge in [-0.2, -0.15) is 5.26 Å². The molecule has 4 rings (SSSR count). The predicted molar refractivity (Wildman–Crippen MR) is 102 cm³/mol. The summed E-state index contributed by atoms with van der Waals surface area (Å²) < 4.78 is 5.82. The minimum Gasteiger partial charge on any atom is -0.507 e. The van der Waals surface area contributed by atoms with Crippen LogP contribution in [0.3, 0.4) is 0 Å². The molecule has 1 aliphatic carbocycles. The maximum absolute atomic E-state index is 13.0. The molecule has 3 aromatic carbocycles. The van der Waals surface area contributed by atoms with Gasteiger partial charge in [-0.1, -0.05) is 36.4 Å². The second kappa shape index (κ2) is 6.84. The molecule has 0 bridgehead atoms. The van der Waals surface area contributed by atoms with E-state index in [-0.39, 0.29) is 22.6 Å². The highest BCUT2D eigenvalue weighted by Gasteiger charge is 2.39. The molecule has 1 atom stereocenters. The highest BCUT2D eigenvalue weighted by molar-refractivity contribution is 6.16. The summed E-state index contributed by atoms with van der Waals surface area (Å²) in [4.78, 5) is 13.0. The van der Waals surface area contributed by atoms with E-state index in [1.54, 1.807) is 43.5 Å². The Bertz CT molecular complexity index is 1060. The van der Waals surface area contributed by atoms with Crippen LogP contribution in [-0.2, 0) is 4.74 Å². The van der Waals surface area contributed by atoms with Gasteiger partial charge in [0, 0.05) is 13.0 Å². The van der Waals surface area contributed by atoms with Gasteiger partial charge in [0.15, 0.2) is 0 Å². The summed E-state index contributed by atoms with van der Waals surface area (Å²) in [6, 6.07) is 19.0. The lowest BCUT2D eigenvalue weighted by Gasteiger charge is -2.33. The smallest absolute Gasteiger partial charge is 0.201 e. The number of fused-ring (bicyclic) bond motifs is 2. The van der Waals surface area contributed by atoms with Crippen LogP contribution in [0, 0.1) is 11.3 Å². The number of aromatic hydroxyl groups is 2. The van der Waals surface area contributed by atoms with Crippen molar-refractivity contribution in [2.45, 2.75) is 12.0 Å². The topological polar surface area (TPSA) is 90.5 Å². The van der Waals surface area contributed by atoms with E-state index in [0.29, 0.717) is 16.7 Å². The van der Waals surface area contributed by atoms with Crippen molar-refractivity contribution in [3.05, 3.63) is 94.0 Å². The highest BCUT2D eigenvalue weighted by atomic mass is 16.5. The van der Waals surface area contributed by atoms with Gasteiger partial charge < -0.3 is 14.9 Å². The molecule has 0 heterocycles. The van der Waals surface area contributed by atoms with Gasteiger partial charge in [0.1, 0.15) is 11.5 Å². The van der Waals surface area contributed by atoms with Crippen LogP contribution in [0.25, 0.3) is 0 Å². The Labute approximate surface area is 162 Å². The molecule has 0 aromatic heterocycles. The van der Waals surface area contributed by atoms with Gasteiger partial charge in [0.25, 0.3) is 0 Å². The molecule has 0 amide bonds. The molecule has 0 saturated carbocycles. The predicted octanol–water partition coefficient (Wildman–Crippen LogP) is 4.03. The number of carbonyl (C=O) groups is 1. The van der Waals surface area contributed by atoms with Gasteiger partial charge in [-0.15, -0.1) is 0 Å². The van der Waals surface area contributed by atoms with Gasteiger partial charge in [-0.25, -0.2) is 0 Å². The lowest BCUT2D eigenvalue weighted by Crippen LogP contribution is -2.25. The van der Waals surface area contributed by atoms with Crippen LogP contribution in [0.4, 0.5) is 0 Å². The Kier molecular flexibility index (Phi) is 4.34. The third-order valence-electron chi connectivity index (χ3n) is 5.20. The summed E-state index contributed by atoms with van der Waals surface area (Å²) in [7, 11) is 1.57. The van der Waals surface area contributed by atoms with Crippen LogP contribution in [-0.4, -0.2) is 23.1 Å². The van der Waals surface area contributed by atoms with Crippen LogP contribution in [0.5, 0.6) is 11.5 Å². The Morgan fingerprint density at radius 3 is 1.93 bits per heavy atom. The first kappa shape index (κ1) is 17.8. The van der Waals surface area contributed by atoms with E-state index in [1.165, 1.54) is 12.1 Å². The van der Waals surface area contributed by atoms with Crippen molar-refractivity contribution in [2.24, 2.45) is 0 Å². The first-order chi connectivity index (χ1) is 13.6. The van der Waals surface area contributed by atoms with Crippen molar-refractivity contribution in [1.29, 1.82) is 5.26 Å². The molecular weight excluding hydrogens is 354 g/mol. The average molecular weight is 371 g/mol. The molecule has 5 nitrogen and oxygen atoms in total. The molecule has 2 N–H and O–H groups in total. The van der Waals surface area contributed by atoms with E-state index in [9.17, 15) is 15.0 Å². The molecule has 138 valence electrons. The fraction of sp³-hybridized carbons (Fsp3) is 0.130. The average Bonchev–Trinajstić information content (AvgIpc) is 2.71. The molecule has 1 unspecified atom stereocenters. The Balaban J connectivity index is 1.97. The van der Waals surface area contributed by atoms with Crippen molar-refractivity contribution in [2.75, 3.05) is 7.11 Å². The van der Waals surface area contributed by atoms with E-state index in [4.69, 9.17) is 10.00 Å². The number of phenolic OH excluding ortho intramolecular Hbond substituents is 2. The van der Waals surface area contributed by atoms with Gasteiger partial charge >= 0.3 is 0 Å². The largest absolute Gasteiger partial charge is 0.507 e. The second-order valence-electron chi connectivity index (χ2n) is 6.68. The fourth-order valence-electron chi connectivity index (χ4n) is 3.96. The zero-order chi connectivity index (χ0) is 19.8. The molecule has 0 fully saturated rings. The molecule has 0 radical (unpaired) electrons. The molecule has 0 aliphatic heterocycles. The number of nitrogens with zero attached hydrogens (tertiary/aromatic N) is 1. The minimum atomic E-state index is -0.484. The Morgan fingerprint density at radius 1 is 0.929 bits per heavy atom. The Hall–Kier alpha value is -3.62. The summed E-state index contributed by atoms with van der Waals surface area (Å²) in [6.45, 7) is 0. The van der Waals surface area contributed by atoms with Crippen molar-refractivity contribution < 1.29 is 19.7 Å². The number of hydrogen-bond acceptors (Lipinski definition) is 5. The summed E-state index contributed by atoms with van der Waals surface area (Å²) in [5.74, 6) is -1.08. The third kappa shape index (κ3) is 2.63. The van der Waals surface area contributed by atoms with Gasteiger partial charge in [-0.3, -0.25) is 4.79 Å². The summed E-state index contributed by atoms with van der Waals surface area (Å²) in [5, 5.41) is 29.8. The third-order valence-corrected chi connectivity index (χ3v) is 5.20. The van der Waals surface area contributed by atoms with Crippen LogP contribution in [0.15, 0.2) is 60.7 Å². The van der Waals surface area contributed by atoms with Crippen LogP contribution < -0.4 is 0 Å². The summed E-state index contributed by atoms with van der Waals surface area (Å²) in [5.41, 5.74) is 2.99. The lowest BCUT2D eigenvalue weighted by atomic mass is 9.73. The molecular formula is C23H17NO4. The van der Waals surface area contributed by atoms with Gasteiger partial charge in [0.05, 0.1) is 28.9 Å². The number of hydrogen-bond donors (Lipinski definition) is 2. The molecule has 0 spiro atoms. The van der Waals surface area contributed by atoms with Crippen molar-refractivity contribution in [3.8, 4) is 17.6 Å². The fourth-order valence-corrected chi connectivity index (χ4v) is 3.96. The SMILES string of the molecule is COC(c1ccc(C#N)cc1)C1c2cccc(O)c2C(=O)c2c(O)cccc21. The normalized spacial score (nSPS) is 14.1. The number of nitriles is 1. The second-order valence-corrected chi connectivity index (χ2v) is 6.68. The van der Waals surface area contributed by atoms with E-state index < -0.39 is 17.8 Å². The van der Waals surface area contributed by atoms with E-state index >= 15 is 0 Å². The lowest BCUT2D eigenvalue weighted by molar-refractivity contribution is 0.0856. The van der Waals surface area contributed by atoms with Crippen LogP contribution >= 0.6 is 0 Å². The maximum atomic E-state index is 13.0. The van der Waals surface area contributed by atoms with Gasteiger partial charge in [-0.05, 0) is 41.0 Å². The molecule has 5 heteroatoms. The summed E-state index contributed by atoms with van der Waals surface area (Å²) in [6.07, 6.45) is -0.484. The Morgan fingerprint density at radius 2 is 1.46 bits per heavy atom. The zero-order valence-corrected chi connectivity index (χ0v) is 15.1. The minimum absolute atomic E-state index is 0.129. The highest BCUT2D eigenvalue weighted by Crippen LogP contribution is 2.48. The monoisotopic (exact) mass is 371 g/mol. The summed E-state index contributed by atoms with van der Waals surface area (Å²) >= 11 is 0. The number of carbonyl (C=O) groups excluding carboxylic acids is 1. The van der Waals surface area contributed by atoms with Gasteiger partial charge in [0.2, 0.25) is 5.78 Å². The molecule has 1 aliphatic rings. The number of ketones is 1. The van der Waals surface area contributed by atoms with E-state index in [2.05, 4.69) is 6.07 Å².